The zero-order chi connectivity index (χ0) is 28.1. The van der Waals surface area contributed by atoms with Crippen LogP contribution in [0.4, 0.5) is 0 Å². The van der Waals surface area contributed by atoms with Crippen molar-refractivity contribution in [3.8, 4) is 33.4 Å². The lowest BCUT2D eigenvalue weighted by molar-refractivity contribution is 1.40. The molecule has 0 spiro atoms. The van der Waals surface area contributed by atoms with E-state index >= 15 is 0 Å². The molecule has 0 saturated heterocycles. The summed E-state index contributed by atoms with van der Waals surface area (Å²) in [4.78, 5) is 2.68. The Kier molecular flexibility index (Phi) is 5.06. The Labute approximate surface area is 260 Å². The predicted molar refractivity (Wildman–Crippen MR) is 190 cm³/mol. The van der Waals surface area contributed by atoms with E-state index in [-0.39, 0.29) is 0 Å². The van der Waals surface area contributed by atoms with Gasteiger partial charge in [-0.1, -0.05) is 103 Å². The lowest BCUT2D eigenvalue weighted by Crippen LogP contribution is -1.93. The number of hydrogen-bond donors (Lipinski definition) is 0. The van der Waals surface area contributed by atoms with Crippen LogP contribution < -0.4 is 0 Å². The first-order valence-electron chi connectivity index (χ1n) is 14.5. The third-order valence-electron chi connectivity index (χ3n) is 8.88. The fourth-order valence-corrected chi connectivity index (χ4v) is 10.3. The molecule has 0 N–H and O–H groups in total. The van der Waals surface area contributed by atoms with Gasteiger partial charge in [-0.3, -0.25) is 0 Å². The molecule has 0 bridgehead atoms. The minimum Gasteiger partial charge on any atom is -0.135 e. The molecule has 1 aliphatic rings. The molecule has 3 heteroatoms. The summed E-state index contributed by atoms with van der Waals surface area (Å²) in [5.41, 5.74) is 7.82. The van der Waals surface area contributed by atoms with E-state index in [1.165, 1.54) is 94.3 Å². The molecule has 0 saturated carbocycles. The molecule has 43 heavy (non-hydrogen) atoms. The van der Waals surface area contributed by atoms with Gasteiger partial charge in [-0.15, -0.1) is 22.7 Å². The topological polar surface area (TPSA) is 0 Å². The van der Waals surface area contributed by atoms with Crippen molar-refractivity contribution in [2.24, 2.45) is 0 Å². The molecular formula is C40H22S3. The van der Waals surface area contributed by atoms with Crippen molar-refractivity contribution in [3.63, 3.8) is 0 Å². The maximum Gasteiger partial charge on any atom is 0.0361 e. The van der Waals surface area contributed by atoms with Gasteiger partial charge in [0.1, 0.15) is 0 Å². The molecule has 0 nitrogen and oxygen atoms in total. The molecule has 10 rings (SSSR count). The van der Waals surface area contributed by atoms with Crippen LogP contribution in [0.2, 0.25) is 0 Å². The van der Waals surface area contributed by atoms with Gasteiger partial charge in [-0.2, -0.15) is 0 Å². The molecule has 0 unspecified atom stereocenters. The van der Waals surface area contributed by atoms with E-state index < -0.39 is 0 Å². The van der Waals surface area contributed by atoms with Gasteiger partial charge in [-0.05, 0) is 81.2 Å². The lowest BCUT2D eigenvalue weighted by atomic mass is 9.94. The van der Waals surface area contributed by atoms with Crippen LogP contribution >= 0.6 is 34.4 Å². The van der Waals surface area contributed by atoms with E-state index in [1.54, 1.807) is 0 Å². The van der Waals surface area contributed by atoms with Gasteiger partial charge >= 0.3 is 0 Å². The van der Waals surface area contributed by atoms with E-state index in [1.807, 2.05) is 34.4 Å². The van der Waals surface area contributed by atoms with Crippen LogP contribution in [0, 0.1) is 0 Å². The minimum absolute atomic E-state index is 1.27. The van der Waals surface area contributed by atoms with Crippen LogP contribution in [0.15, 0.2) is 143 Å². The van der Waals surface area contributed by atoms with Crippen molar-refractivity contribution >= 4 is 85.6 Å². The van der Waals surface area contributed by atoms with Gasteiger partial charge in [0, 0.05) is 55.5 Å². The molecule has 0 amide bonds. The third-order valence-corrected chi connectivity index (χ3v) is 12.3. The number of rotatable bonds is 2. The summed E-state index contributed by atoms with van der Waals surface area (Å²) in [6, 6.07) is 49.9. The average molecular weight is 599 g/mol. The van der Waals surface area contributed by atoms with Gasteiger partial charge in [-0.25, -0.2) is 0 Å². The second kappa shape index (κ2) is 9.05. The molecule has 2 aromatic heterocycles. The van der Waals surface area contributed by atoms with E-state index in [0.717, 1.165) is 0 Å². The molecule has 7 aromatic carbocycles. The second-order valence-corrected chi connectivity index (χ2v) is 14.5. The van der Waals surface area contributed by atoms with E-state index in [4.69, 9.17) is 0 Å². The summed E-state index contributed by atoms with van der Waals surface area (Å²) in [5, 5.41) is 8.08. The number of thiophene rings is 2. The van der Waals surface area contributed by atoms with Crippen molar-refractivity contribution in [1.82, 2.24) is 0 Å². The van der Waals surface area contributed by atoms with E-state index in [2.05, 4.69) is 133 Å². The monoisotopic (exact) mass is 598 g/mol. The molecule has 1 aliphatic heterocycles. The Bertz CT molecular complexity index is 2590. The number of benzene rings is 7. The zero-order valence-corrected chi connectivity index (χ0v) is 25.4. The smallest absolute Gasteiger partial charge is 0.0361 e. The predicted octanol–water partition coefficient (Wildman–Crippen LogP) is 13.0. The molecule has 9 aromatic rings. The lowest BCUT2D eigenvalue weighted by Gasteiger charge is -2.21. The van der Waals surface area contributed by atoms with Crippen LogP contribution in [0.25, 0.3) is 84.5 Å². The van der Waals surface area contributed by atoms with Gasteiger partial charge in [0.25, 0.3) is 0 Å². The van der Waals surface area contributed by atoms with Crippen molar-refractivity contribution in [1.29, 1.82) is 0 Å². The molecule has 0 fully saturated rings. The Morgan fingerprint density at radius 1 is 0.349 bits per heavy atom. The summed E-state index contributed by atoms with van der Waals surface area (Å²) < 4.78 is 5.37. The quantitative estimate of drug-likeness (QED) is 0.191. The SMILES string of the molecule is c1cc2c3c(cccc3c1)-c1cc(-c3ccc4c(c3)sc3cc(-c5cccc6sc7ccccc7c56)ccc34)ccc1S2. The van der Waals surface area contributed by atoms with E-state index in [0.29, 0.717) is 0 Å². The largest absolute Gasteiger partial charge is 0.135 e. The van der Waals surface area contributed by atoms with Gasteiger partial charge in [0.15, 0.2) is 0 Å². The van der Waals surface area contributed by atoms with Crippen molar-refractivity contribution < 1.29 is 0 Å². The van der Waals surface area contributed by atoms with Gasteiger partial charge in [0.2, 0.25) is 0 Å². The summed E-state index contributed by atoms with van der Waals surface area (Å²) in [6.07, 6.45) is 0. The Balaban J connectivity index is 1.10. The molecule has 200 valence electrons. The highest BCUT2D eigenvalue weighted by Gasteiger charge is 2.20. The highest BCUT2D eigenvalue weighted by Crippen LogP contribution is 2.49. The molecule has 0 atom stereocenters. The minimum atomic E-state index is 1.27. The first-order valence-corrected chi connectivity index (χ1v) is 16.9. The van der Waals surface area contributed by atoms with Crippen LogP contribution in [-0.4, -0.2) is 0 Å². The van der Waals surface area contributed by atoms with Gasteiger partial charge < -0.3 is 0 Å². The highest BCUT2D eigenvalue weighted by molar-refractivity contribution is 7.99. The van der Waals surface area contributed by atoms with Crippen LogP contribution in [0.3, 0.4) is 0 Å². The first-order chi connectivity index (χ1) is 21.3. The first kappa shape index (κ1) is 24.1. The zero-order valence-electron chi connectivity index (χ0n) is 22.9. The average Bonchev–Trinajstić information content (AvgIpc) is 3.62. The highest BCUT2D eigenvalue weighted by atomic mass is 32.2. The van der Waals surface area contributed by atoms with Crippen molar-refractivity contribution in [3.05, 3.63) is 133 Å². The molecule has 0 aliphatic carbocycles. The van der Waals surface area contributed by atoms with Gasteiger partial charge in [0.05, 0.1) is 0 Å². The van der Waals surface area contributed by atoms with Crippen molar-refractivity contribution in [2.45, 2.75) is 9.79 Å². The fourth-order valence-electron chi connectivity index (χ4n) is 6.88. The van der Waals surface area contributed by atoms with Crippen molar-refractivity contribution in [2.75, 3.05) is 0 Å². The molecule has 0 radical (unpaired) electrons. The maximum absolute atomic E-state index is 2.40. The second-order valence-electron chi connectivity index (χ2n) is 11.3. The third kappa shape index (κ3) is 3.56. The summed E-state index contributed by atoms with van der Waals surface area (Å²) >= 11 is 5.67. The Hall–Kier alpha value is -4.41. The summed E-state index contributed by atoms with van der Waals surface area (Å²) in [6.45, 7) is 0. The summed E-state index contributed by atoms with van der Waals surface area (Å²) in [7, 11) is 0. The normalized spacial score (nSPS) is 12.6. The Morgan fingerprint density at radius 2 is 1.02 bits per heavy atom. The maximum atomic E-state index is 2.40. The van der Waals surface area contributed by atoms with E-state index in [9.17, 15) is 0 Å². The summed E-state index contributed by atoms with van der Waals surface area (Å²) in [5.74, 6) is 0. The van der Waals surface area contributed by atoms with Crippen LogP contribution in [0.1, 0.15) is 0 Å². The van der Waals surface area contributed by atoms with Crippen LogP contribution in [0.5, 0.6) is 0 Å². The van der Waals surface area contributed by atoms with Crippen LogP contribution in [-0.2, 0) is 0 Å². The standard InChI is InChI=1S/C40H22S3/c1-2-11-33-31(8-1)40-27(9-5-13-36(40)41-33)26-15-18-29-28-17-14-25(21-37(28)43-38(29)22-26)24-16-19-34-32(20-24)30-10-3-6-23-7-4-12-35(42-34)39(23)30/h1-22H. The molecular weight excluding hydrogens is 577 g/mol. The number of fused-ring (bicyclic) bond motifs is 8. The molecule has 3 heterocycles. The number of hydrogen-bond acceptors (Lipinski definition) is 3. The Morgan fingerprint density at radius 3 is 1.93 bits per heavy atom. The fraction of sp³-hybridized carbons (Fsp3) is 0.